The highest BCUT2D eigenvalue weighted by molar-refractivity contribution is 7.11. The molecule has 5 heteroatoms. The molecule has 0 radical (unpaired) electrons. The van der Waals surface area contributed by atoms with E-state index < -0.39 is 0 Å². The van der Waals surface area contributed by atoms with Crippen LogP contribution in [0.5, 0.6) is 0 Å². The Morgan fingerprint density at radius 2 is 2.05 bits per heavy atom. The molecule has 1 N–H and O–H groups in total. The van der Waals surface area contributed by atoms with E-state index in [9.17, 15) is 0 Å². The smallest absolute Gasteiger partial charge is 0.112 e. The zero-order chi connectivity index (χ0) is 14.2. The molecule has 0 spiro atoms. The van der Waals surface area contributed by atoms with Crippen LogP contribution in [0.1, 0.15) is 47.8 Å². The summed E-state index contributed by atoms with van der Waals surface area (Å²) in [6.07, 6.45) is 5.05. The first kappa shape index (κ1) is 14.1. The van der Waals surface area contributed by atoms with Crippen LogP contribution in [0, 0.1) is 0 Å². The topological polar surface area (TPSA) is 31.4 Å². The molecule has 1 aliphatic carbocycles. The number of hydrogen-bond acceptors (Lipinski definition) is 5. The third kappa shape index (κ3) is 3.02. The van der Waals surface area contributed by atoms with Gasteiger partial charge in [-0.1, -0.05) is 13.3 Å². The van der Waals surface area contributed by atoms with E-state index in [4.69, 9.17) is 4.98 Å². The minimum atomic E-state index is 0.558. The zero-order valence-electron chi connectivity index (χ0n) is 13.0. The van der Waals surface area contributed by atoms with E-state index in [1.54, 1.807) is 0 Å². The summed E-state index contributed by atoms with van der Waals surface area (Å²) in [4.78, 5) is 11.8. The van der Waals surface area contributed by atoms with Gasteiger partial charge in [-0.25, -0.2) is 4.98 Å². The summed E-state index contributed by atoms with van der Waals surface area (Å²) < 4.78 is 0. The van der Waals surface area contributed by atoms with Crippen molar-refractivity contribution in [2.45, 2.75) is 51.2 Å². The number of nitrogens with one attached hydrogen (secondary N) is 1. The molecule has 4 fully saturated rings. The summed E-state index contributed by atoms with van der Waals surface area (Å²) in [6.45, 7) is 9.43. The van der Waals surface area contributed by atoms with Gasteiger partial charge in [0.2, 0.25) is 0 Å². The molecule has 0 amide bonds. The molecular formula is C16H26N4S. The summed E-state index contributed by atoms with van der Waals surface area (Å²) in [5.41, 5.74) is 1.36. The molecule has 21 heavy (non-hydrogen) atoms. The third-order valence-electron chi connectivity index (χ3n) is 4.97. The predicted molar refractivity (Wildman–Crippen MR) is 86.7 cm³/mol. The van der Waals surface area contributed by atoms with E-state index in [1.807, 2.05) is 11.3 Å². The molecule has 3 saturated heterocycles. The summed E-state index contributed by atoms with van der Waals surface area (Å²) >= 11 is 1.97. The van der Waals surface area contributed by atoms with Crippen LogP contribution in [0.15, 0.2) is 0 Å². The maximum atomic E-state index is 5.05. The first-order valence-electron chi connectivity index (χ1n) is 8.51. The molecule has 4 nitrogen and oxygen atoms in total. The number of aromatic nitrogens is 1. The van der Waals surface area contributed by atoms with Crippen molar-refractivity contribution in [2.75, 3.05) is 32.7 Å². The van der Waals surface area contributed by atoms with E-state index in [-0.39, 0.29) is 0 Å². The van der Waals surface area contributed by atoms with Crippen molar-refractivity contribution in [1.29, 1.82) is 0 Å². The van der Waals surface area contributed by atoms with Crippen molar-refractivity contribution in [3.05, 3.63) is 15.6 Å². The molecule has 3 aliphatic heterocycles. The predicted octanol–water partition coefficient (Wildman–Crippen LogP) is 2.02. The number of aryl methyl sites for hydroxylation is 1. The number of piperazine rings is 3. The normalized spacial score (nSPS) is 31.8. The second kappa shape index (κ2) is 5.95. The maximum Gasteiger partial charge on any atom is 0.112 e. The van der Waals surface area contributed by atoms with Crippen LogP contribution >= 0.6 is 11.3 Å². The second-order valence-electron chi connectivity index (χ2n) is 6.68. The number of fused-ring (bicyclic) bond motifs is 3. The van der Waals surface area contributed by atoms with Gasteiger partial charge in [0.05, 0.1) is 11.7 Å². The Hall–Kier alpha value is -0.490. The first-order chi connectivity index (χ1) is 10.3. The minimum absolute atomic E-state index is 0.558. The molecule has 1 aromatic heterocycles. The monoisotopic (exact) mass is 306 g/mol. The average molecular weight is 306 g/mol. The van der Waals surface area contributed by atoms with Gasteiger partial charge in [0.25, 0.3) is 0 Å². The molecule has 1 unspecified atom stereocenters. The Morgan fingerprint density at radius 3 is 2.67 bits per heavy atom. The Labute approximate surface area is 131 Å². The molecule has 0 aromatic carbocycles. The number of rotatable bonds is 6. The minimum Gasteiger partial charge on any atom is -0.309 e. The fourth-order valence-electron chi connectivity index (χ4n) is 3.49. The van der Waals surface area contributed by atoms with Gasteiger partial charge < -0.3 is 5.32 Å². The average Bonchev–Trinajstić information content (AvgIpc) is 3.27. The Morgan fingerprint density at radius 1 is 1.24 bits per heavy atom. The van der Waals surface area contributed by atoms with E-state index in [1.165, 1.54) is 67.6 Å². The lowest BCUT2D eigenvalue weighted by Gasteiger charge is -2.46. The van der Waals surface area contributed by atoms with E-state index in [0.717, 1.165) is 19.0 Å². The van der Waals surface area contributed by atoms with Crippen LogP contribution in [-0.2, 0) is 13.0 Å². The molecule has 1 aromatic rings. The SMILES string of the molecule is CCCc1nc(C2CN3CCN2CC3)sc1CNC1CC1. The van der Waals surface area contributed by atoms with E-state index in [2.05, 4.69) is 22.0 Å². The highest BCUT2D eigenvalue weighted by atomic mass is 32.1. The van der Waals surface area contributed by atoms with Gasteiger partial charge in [-0.2, -0.15) is 0 Å². The van der Waals surface area contributed by atoms with E-state index in [0.29, 0.717) is 6.04 Å². The van der Waals surface area contributed by atoms with Crippen molar-refractivity contribution in [3.8, 4) is 0 Å². The second-order valence-corrected chi connectivity index (χ2v) is 7.79. The van der Waals surface area contributed by atoms with Crippen LogP contribution < -0.4 is 5.32 Å². The Balaban J connectivity index is 1.52. The van der Waals surface area contributed by atoms with Crippen molar-refractivity contribution >= 4 is 11.3 Å². The highest BCUT2D eigenvalue weighted by Crippen LogP contribution is 2.33. The largest absolute Gasteiger partial charge is 0.309 e. The van der Waals surface area contributed by atoms with Crippen LogP contribution in [0.25, 0.3) is 0 Å². The Kier molecular flexibility index (Phi) is 4.00. The molecule has 4 heterocycles. The molecule has 1 saturated carbocycles. The zero-order valence-corrected chi connectivity index (χ0v) is 13.8. The quantitative estimate of drug-likeness (QED) is 0.871. The van der Waals surface area contributed by atoms with Gasteiger partial charge in [-0.3, -0.25) is 9.80 Å². The van der Waals surface area contributed by atoms with E-state index >= 15 is 0 Å². The summed E-state index contributed by atoms with van der Waals surface area (Å²) in [7, 11) is 0. The van der Waals surface area contributed by atoms with Crippen molar-refractivity contribution in [3.63, 3.8) is 0 Å². The molecular weight excluding hydrogens is 280 g/mol. The number of thiazole rings is 1. The van der Waals surface area contributed by atoms with Crippen LogP contribution in [0.4, 0.5) is 0 Å². The Bertz CT molecular complexity index is 488. The third-order valence-corrected chi connectivity index (χ3v) is 6.17. The highest BCUT2D eigenvalue weighted by Gasteiger charge is 2.35. The molecule has 5 rings (SSSR count). The van der Waals surface area contributed by atoms with Gasteiger partial charge in [0, 0.05) is 50.2 Å². The molecule has 1 atom stereocenters. The maximum absolute atomic E-state index is 5.05. The lowest BCUT2D eigenvalue weighted by molar-refractivity contribution is 0.0122. The fraction of sp³-hybridized carbons (Fsp3) is 0.812. The van der Waals surface area contributed by atoms with Gasteiger partial charge in [-0.05, 0) is 19.3 Å². The molecule has 4 aliphatic rings. The lowest BCUT2D eigenvalue weighted by Crippen LogP contribution is -2.56. The van der Waals surface area contributed by atoms with Crippen molar-refractivity contribution in [2.24, 2.45) is 0 Å². The lowest BCUT2D eigenvalue weighted by atomic mass is 10.1. The summed E-state index contributed by atoms with van der Waals surface area (Å²) in [6, 6.07) is 1.34. The van der Waals surface area contributed by atoms with Crippen molar-refractivity contribution < 1.29 is 0 Å². The molecule has 116 valence electrons. The standard InChI is InChI=1S/C16H26N4S/c1-2-3-13-15(10-17-12-4-5-12)21-16(18-13)14-11-19-6-8-20(14)9-7-19/h12,14,17H,2-11H2,1H3. The van der Waals surface area contributed by atoms with Gasteiger partial charge in [0.1, 0.15) is 5.01 Å². The molecule has 2 bridgehead atoms. The van der Waals surface area contributed by atoms with Crippen molar-refractivity contribution in [1.82, 2.24) is 20.1 Å². The summed E-state index contributed by atoms with van der Waals surface area (Å²) in [5.74, 6) is 0. The van der Waals surface area contributed by atoms with Gasteiger partial charge in [-0.15, -0.1) is 11.3 Å². The number of nitrogens with zero attached hydrogens (tertiary/aromatic N) is 3. The first-order valence-corrected chi connectivity index (χ1v) is 9.33. The van der Waals surface area contributed by atoms with Crippen LogP contribution in [0.3, 0.4) is 0 Å². The van der Waals surface area contributed by atoms with Crippen LogP contribution in [-0.4, -0.2) is 53.5 Å². The number of hydrogen-bond donors (Lipinski definition) is 1. The van der Waals surface area contributed by atoms with Gasteiger partial charge >= 0.3 is 0 Å². The fourth-order valence-corrected chi connectivity index (χ4v) is 4.68. The summed E-state index contributed by atoms with van der Waals surface area (Å²) in [5, 5.41) is 5.04. The van der Waals surface area contributed by atoms with Gasteiger partial charge in [0.15, 0.2) is 0 Å². The van der Waals surface area contributed by atoms with Crippen LogP contribution in [0.2, 0.25) is 0 Å².